The first-order chi connectivity index (χ1) is 10.2. The van der Waals surface area contributed by atoms with Gasteiger partial charge in [-0.05, 0) is 55.8 Å². The first-order valence-electron chi connectivity index (χ1n) is 8.11. The molecule has 0 amide bonds. The molecule has 2 aliphatic rings. The Bertz CT molecular complexity index is 486. The van der Waals surface area contributed by atoms with E-state index in [1.165, 1.54) is 38.5 Å². The zero-order valence-corrected chi connectivity index (χ0v) is 13.9. The summed E-state index contributed by atoms with van der Waals surface area (Å²) in [6.45, 7) is 1.76. The Kier molecular flexibility index (Phi) is 5.11. The van der Waals surface area contributed by atoms with Gasteiger partial charge in [-0.15, -0.1) is 0 Å². The molecule has 0 bridgehead atoms. The molecule has 2 fully saturated rings. The van der Waals surface area contributed by atoms with Crippen LogP contribution in [0.15, 0.2) is 18.2 Å². The molecule has 0 radical (unpaired) electrons. The summed E-state index contributed by atoms with van der Waals surface area (Å²) < 4.78 is 0. The van der Waals surface area contributed by atoms with Crippen molar-refractivity contribution in [2.75, 3.05) is 13.1 Å². The summed E-state index contributed by atoms with van der Waals surface area (Å²) in [6.07, 6.45) is 8.14. The van der Waals surface area contributed by atoms with Crippen LogP contribution in [0.3, 0.4) is 0 Å². The zero-order valence-electron chi connectivity index (χ0n) is 12.4. The van der Waals surface area contributed by atoms with Gasteiger partial charge in [-0.2, -0.15) is 0 Å². The van der Waals surface area contributed by atoms with Crippen molar-refractivity contribution < 1.29 is 0 Å². The van der Waals surface area contributed by atoms with E-state index in [2.05, 4.69) is 4.90 Å². The van der Waals surface area contributed by atoms with Crippen molar-refractivity contribution in [2.45, 2.75) is 50.6 Å². The molecule has 4 heteroatoms. The molecule has 1 aliphatic carbocycles. The molecule has 2 N–H and O–H groups in total. The first-order valence-corrected chi connectivity index (χ1v) is 8.87. The number of nitrogens with two attached hydrogens (primary N) is 1. The third kappa shape index (κ3) is 3.24. The average molecular weight is 327 g/mol. The molecule has 2 nitrogen and oxygen atoms in total. The molecule has 21 heavy (non-hydrogen) atoms. The molecule has 116 valence electrons. The van der Waals surface area contributed by atoms with Gasteiger partial charge in [0, 0.05) is 28.7 Å². The van der Waals surface area contributed by atoms with Crippen LogP contribution in [0.4, 0.5) is 0 Å². The van der Waals surface area contributed by atoms with Crippen LogP contribution in [-0.4, -0.2) is 24.0 Å². The van der Waals surface area contributed by atoms with Gasteiger partial charge in [0.25, 0.3) is 0 Å². The van der Waals surface area contributed by atoms with E-state index >= 15 is 0 Å². The van der Waals surface area contributed by atoms with E-state index in [9.17, 15) is 0 Å². The number of rotatable bonds is 4. The van der Waals surface area contributed by atoms with E-state index in [1.54, 1.807) is 0 Å². The second-order valence-corrected chi connectivity index (χ2v) is 7.25. The Balaban J connectivity index is 1.84. The second kappa shape index (κ2) is 6.87. The minimum absolute atomic E-state index is 0.225. The van der Waals surface area contributed by atoms with Gasteiger partial charge in [-0.1, -0.05) is 42.1 Å². The highest BCUT2D eigenvalue weighted by Gasteiger charge is 2.37. The fourth-order valence-corrected chi connectivity index (χ4v) is 4.80. The Hall–Kier alpha value is -0.280. The van der Waals surface area contributed by atoms with Crippen molar-refractivity contribution in [3.63, 3.8) is 0 Å². The van der Waals surface area contributed by atoms with Gasteiger partial charge in [0.2, 0.25) is 0 Å². The van der Waals surface area contributed by atoms with Gasteiger partial charge in [0.05, 0.1) is 0 Å². The monoisotopic (exact) mass is 326 g/mol. The van der Waals surface area contributed by atoms with E-state index in [1.807, 2.05) is 18.2 Å². The molecule has 2 unspecified atom stereocenters. The molecule has 3 rings (SSSR count). The number of likely N-dealkylation sites (tertiary alicyclic amines) is 1. The highest BCUT2D eigenvalue weighted by molar-refractivity contribution is 6.35. The highest BCUT2D eigenvalue weighted by Crippen LogP contribution is 2.40. The summed E-state index contributed by atoms with van der Waals surface area (Å²) in [5.41, 5.74) is 7.25. The summed E-state index contributed by atoms with van der Waals surface area (Å²) in [4.78, 5) is 2.62. The third-order valence-corrected chi connectivity index (χ3v) is 5.79. The van der Waals surface area contributed by atoms with E-state index in [0.717, 1.165) is 23.0 Å². The highest BCUT2D eigenvalue weighted by atomic mass is 35.5. The fraction of sp³-hybridized carbons (Fsp3) is 0.647. The fourth-order valence-electron chi connectivity index (χ4n) is 4.26. The maximum absolute atomic E-state index is 6.42. The molecular formula is C17H24Cl2N2. The summed E-state index contributed by atoms with van der Waals surface area (Å²) in [7, 11) is 0. The largest absolute Gasteiger partial charge is 0.329 e. The third-order valence-electron chi connectivity index (χ3n) is 5.23. The van der Waals surface area contributed by atoms with Gasteiger partial charge in [-0.25, -0.2) is 0 Å². The second-order valence-electron chi connectivity index (χ2n) is 6.41. The lowest BCUT2D eigenvalue weighted by Crippen LogP contribution is -2.40. The van der Waals surface area contributed by atoms with Crippen LogP contribution >= 0.6 is 23.2 Å². The quantitative estimate of drug-likeness (QED) is 0.872. The van der Waals surface area contributed by atoms with Gasteiger partial charge in [0.1, 0.15) is 0 Å². The zero-order chi connectivity index (χ0) is 14.8. The maximum atomic E-state index is 6.42. The lowest BCUT2D eigenvalue weighted by atomic mass is 9.94. The minimum Gasteiger partial charge on any atom is -0.329 e. The SMILES string of the molecule is NCC(c1ccc(Cl)cc1Cl)N1CCCC1C1CCCC1. The lowest BCUT2D eigenvalue weighted by molar-refractivity contribution is 0.138. The van der Waals surface area contributed by atoms with Gasteiger partial charge < -0.3 is 5.73 Å². The summed E-state index contributed by atoms with van der Waals surface area (Å²) in [5.74, 6) is 0.854. The molecule has 2 atom stereocenters. The minimum atomic E-state index is 0.225. The van der Waals surface area contributed by atoms with Crippen LogP contribution in [0, 0.1) is 5.92 Å². The van der Waals surface area contributed by atoms with Crippen molar-refractivity contribution in [1.82, 2.24) is 4.90 Å². The predicted molar refractivity (Wildman–Crippen MR) is 89.9 cm³/mol. The van der Waals surface area contributed by atoms with E-state index in [4.69, 9.17) is 28.9 Å². The number of benzene rings is 1. The van der Waals surface area contributed by atoms with Crippen LogP contribution in [0.5, 0.6) is 0 Å². The van der Waals surface area contributed by atoms with Gasteiger partial charge in [-0.3, -0.25) is 4.90 Å². The van der Waals surface area contributed by atoms with Crippen molar-refractivity contribution >= 4 is 23.2 Å². The number of nitrogens with zero attached hydrogens (tertiary/aromatic N) is 1. The first kappa shape index (κ1) is 15.6. The van der Waals surface area contributed by atoms with Crippen molar-refractivity contribution in [3.05, 3.63) is 33.8 Å². The van der Waals surface area contributed by atoms with E-state index in [-0.39, 0.29) is 6.04 Å². The summed E-state index contributed by atoms with van der Waals surface area (Å²) in [5, 5.41) is 1.43. The topological polar surface area (TPSA) is 29.3 Å². The van der Waals surface area contributed by atoms with Gasteiger partial charge >= 0.3 is 0 Å². The molecular weight excluding hydrogens is 303 g/mol. The normalized spacial score (nSPS) is 25.6. The molecule has 1 saturated carbocycles. The maximum Gasteiger partial charge on any atom is 0.0488 e. The van der Waals surface area contributed by atoms with Crippen LogP contribution in [-0.2, 0) is 0 Å². The Labute approximate surface area is 137 Å². The smallest absolute Gasteiger partial charge is 0.0488 e. The van der Waals surface area contributed by atoms with Crippen molar-refractivity contribution in [2.24, 2.45) is 11.7 Å². The molecule has 0 spiro atoms. The number of halogens is 2. The summed E-state index contributed by atoms with van der Waals surface area (Å²) in [6, 6.07) is 6.72. The van der Waals surface area contributed by atoms with Gasteiger partial charge in [0.15, 0.2) is 0 Å². The van der Waals surface area contributed by atoms with Crippen LogP contribution in [0.25, 0.3) is 0 Å². The molecule has 1 aliphatic heterocycles. The van der Waals surface area contributed by atoms with E-state index < -0.39 is 0 Å². The Morgan fingerprint density at radius 3 is 2.57 bits per heavy atom. The molecule has 1 heterocycles. The summed E-state index contributed by atoms with van der Waals surface area (Å²) >= 11 is 12.4. The van der Waals surface area contributed by atoms with E-state index in [0.29, 0.717) is 17.6 Å². The molecule has 1 saturated heterocycles. The Morgan fingerprint density at radius 2 is 1.90 bits per heavy atom. The number of hydrogen-bond donors (Lipinski definition) is 1. The van der Waals surface area contributed by atoms with Crippen LogP contribution in [0.2, 0.25) is 10.0 Å². The van der Waals surface area contributed by atoms with Crippen molar-refractivity contribution in [3.8, 4) is 0 Å². The molecule has 1 aromatic rings. The van der Waals surface area contributed by atoms with Crippen LogP contribution < -0.4 is 5.73 Å². The molecule has 1 aromatic carbocycles. The molecule has 0 aromatic heterocycles. The van der Waals surface area contributed by atoms with Crippen LogP contribution in [0.1, 0.15) is 50.1 Å². The standard InChI is InChI=1S/C17H24Cl2N2/c18-13-7-8-14(15(19)10-13)17(11-20)21-9-3-6-16(21)12-4-1-2-5-12/h7-8,10,12,16-17H,1-6,9,11,20H2. The lowest BCUT2D eigenvalue weighted by Gasteiger charge is -2.36. The average Bonchev–Trinajstić information content (AvgIpc) is 3.12. The predicted octanol–water partition coefficient (Wildman–Crippen LogP) is 4.65. The number of hydrogen-bond acceptors (Lipinski definition) is 2. The Morgan fingerprint density at radius 1 is 1.14 bits per heavy atom. The van der Waals surface area contributed by atoms with Crippen molar-refractivity contribution in [1.29, 1.82) is 0 Å².